The Balaban J connectivity index is -0.00000000500. The largest absolute Gasteiger partial charge is 0.857 e. The Bertz CT molecular complexity index is 8.00. The van der Waals surface area contributed by atoms with Gasteiger partial charge in [-0.15, -0.1) is 0 Å². The van der Waals surface area contributed by atoms with E-state index in [0.717, 1.165) is 7.11 Å². The maximum absolute atomic E-state index is 8.25. The second-order valence-electron chi connectivity index (χ2n) is 0. The molecule has 0 aromatic carbocycles. The standard InChI is InChI=1S/CH3O.FH.H3N/c1-2;;/h1H3;1H;1H3/q-1;;/p+1. The van der Waals surface area contributed by atoms with Crippen LogP contribution in [-0.2, 0) is 0 Å². The third-order valence-corrected chi connectivity index (χ3v) is 0. The van der Waals surface area contributed by atoms with Crippen molar-refractivity contribution in [2.24, 2.45) is 0 Å². The fourth-order valence-electron chi connectivity index (χ4n) is 0. The van der Waals surface area contributed by atoms with E-state index >= 15 is 0 Å². The fraction of sp³-hybridized carbons (Fsp3) is 1.00. The zero-order valence-corrected chi connectivity index (χ0v) is 2.82. The van der Waals surface area contributed by atoms with Crippen molar-refractivity contribution in [2.45, 2.75) is 0 Å². The quantitative estimate of drug-likeness (QED) is 0.409. The van der Waals surface area contributed by atoms with Crippen LogP contribution in [0.3, 0.4) is 0 Å². The van der Waals surface area contributed by atoms with Crippen molar-refractivity contribution < 1.29 is 9.81 Å². The minimum Gasteiger partial charge on any atom is -0.857 e. The summed E-state index contributed by atoms with van der Waals surface area (Å²) in [5, 5.41) is 8.25. The predicted molar refractivity (Wildman–Crippen MR) is 14.4 cm³/mol. The molecule has 0 saturated carbocycles. The first-order valence-corrected chi connectivity index (χ1v) is 0.408. The first-order chi connectivity index (χ1) is 1.00. The van der Waals surface area contributed by atoms with Gasteiger partial charge in [-0.2, -0.15) is 7.11 Å². The molecule has 3 heteroatoms. The summed E-state index contributed by atoms with van der Waals surface area (Å²) in [6.45, 7) is 0. The lowest BCUT2D eigenvalue weighted by atomic mass is 11.8. The lowest BCUT2D eigenvalue weighted by Gasteiger charge is -1.57. The van der Waals surface area contributed by atoms with Crippen LogP contribution in [-0.4, -0.2) is 7.11 Å². The third-order valence-electron chi connectivity index (χ3n) is 0. The van der Waals surface area contributed by atoms with Gasteiger partial charge in [0.25, 0.3) is 0 Å². The molecule has 0 atom stereocenters. The first kappa shape index (κ1) is 43.3. The summed E-state index contributed by atoms with van der Waals surface area (Å²) in [7, 11) is 0.750. The molecule has 0 aromatic rings. The molecule has 2 nitrogen and oxygen atoms in total. The molecule has 4 heavy (non-hydrogen) atoms. The van der Waals surface area contributed by atoms with Crippen molar-refractivity contribution in [3.63, 3.8) is 0 Å². The highest BCUT2D eigenvalue weighted by atomic mass is 19.0. The van der Waals surface area contributed by atoms with E-state index < -0.39 is 0 Å². The maximum atomic E-state index is 8.25. The summed E-state index contributed by atoms with van der Waals surface area (Å²) in [6.07, 6.45) is 0. The summed E-state index contributed by atoms with van der Waals surface area (Å²) in [5.74, 6) is 0. The average Bonchev–Trinajstić information content (AvgIpc) is 1.00. The van der Waals surface area contributed by atoms with E-state index in [9.17, 15) is 0 Å². The second kappa shape index (κ2) is 434. The molecule has 0 aliphatic heterocycles. The van der Waals surface area contributed by atoms with E-state index in [4.69, 9.17) is 5.11 Å². The van der Waals surface area contributed by atoms with E-state index in [-0.39, 0.29) is 10.9 Å². The molecule has 0 fully saturated rings. The lowest BCUT2D eigenvalue weighted by Crippen LogP contribution is -1.81. The van der Waals surface area contributed by atoms with Crippen LogP contribution in [0.1, 0.15) is 0 Å². The Labute approximate surface area is 24.4 Å². The monoisotopic (exact) mass is 69.1 g/mol. The van der Waals surface area contributed by atoms with Crippen LogP contribution in [0.15, 0.2) is 0 Å². The number of halogens is 1. The van der Waals surface area contributed by atoms with Crippen molar-refractivity contribution in [1.29, 1.82) is 0 Å². The highest BCUT2D eigenvalue weighted by Crippen LogP contribution is 0.421. The number of hydrogen-bond acceptors (Lipinski definition) is 1. The van der Waals surface area contributed by atoms with Crippen molar-refractivity contribution in [1.82, 2.24) is 6.15 Å². The molecule has 0 saturated heterocycles. The van der Waals surface area contributed by atoms with Gasteiger partial charge in [0.2, 0.25) is 0 Å². The van der Waals surface area contributed by atoms with Gasteiger partial charge in [0.05, 0.1) is 0 Å². The van der Waals surface area contributed by atoms with E-state index in [1.54, 1.807) is 0 Å². The van der Waals surface area contributed by atoms with Gasteiger partial charge in [-0.1, -0.05) is 0 Å². The fourth-order valence-corrected chi connectivity index (χ4v) is 0. The van der Waals surface area contributed by atoms with Gasteiger partial charge in [-0.05, 0) is 0 Å². The molecular formula is CH8FNO. The summed E-state index contributed by atoms with van der Waals surface area (Å²) in [4.78, 5) is 0. The van der Waals surface area contributed by atoms with Gasteiger partial charge in [-0.25, -0.2) is 0 Å². The zero-order chi connectivity index (χ0) is 2.00. The van der Waals surface area contributed by atoms with Crippen LogP contribution in [0.2, 0.25) is 0 Å². The molecule has 4 N–H and O–H groups in total. The normalized spacial score (nSPS) is 1.50. The Morgan fingerprint density at radius 2 is 1.25 bits per heavy atom. The summed E-state index contributed by atoms with van der Waals surface area (Å²) < 4.78 is 0. The molecule has 0 spiro atoms. The molecule has 0 bridgehead atoms. The van der Waals surface area contributed by atoms with Gasteiger partial charge >= 0.3 is 0 Å². The molecule has 0 aliphatic carbocycles. The molecule has 0 radical (unpaired) electrons. The van der Waals surface area contributed by atoms with Gasteiger partial charge in [0.15, 0.2) is 0 Å². The van der Waals surface area contributed by atoms with Crippen molar-refractivity contribution >= 4 is 0 Å². The first-order valence-electron chi connectivity index (χ1n) is 0.408. The molecular weight excluding hydrogens is 61.0 g/mol. The Morgan fingerprint density at radius 1 is 1.25 bits per heavy atom. The minimum atomic E-state index is 0. The van der Waals surface area contributed by atoms with Crippen LogP contribution in [0.25, 0.3) is 0 Å². The van der Waals surface area contributed by atoms with Crippen molar-refractivity contribution in [3.05, 3.63) is 0 Å². The third kappa shape index (κ3) is 59.4. The number of rotatable bonds is 0. The van der Waals surface area contributed by atoms with Crippen LogP contribution < -0.4 is 11.3 Å². The van der Waals surface area contributed by atoms with Gasteiger partial charge in [-0.3, -0.25) is 4.70 Å². The van der Waals surface area contributed by atoms with E-state index in [2.05, 4.69) is 0 Å². The molecule has 30 valence electrons. The van der Waals surface area contributed by atoms with Gasteiger partial charge in [0.1, 0.15) is 0 Å². The molecule has 0 rings (SSSR count). The molecule has 0 aliphatic rings. The summed E-state index contributed by atoms with van der Waals surface area (Å²) >= 11 is 0. The average molecular weight is 69.1 g/mol. The molecule has 0 amide bonds. The van der Waals surface area contributed by atoms with Crippen molar-refractivity contribution in [3.8, 4) is 0 Å². The van der Waals surface area contributed by atoms with E-state index in [1.165, 1.54) is 0 Å². The van der Waals surface area contributed by atoms with Gasteiger partial charge < -0.3 is 11.3 Å². The summed E-state index contributed by atoms with van der Waals surface area (Å²) in [6, 6.07) is 0. The van der Waals surface area contributed by atoms with E-state index in [1.807, 2.05) is 0 Å². The van der Waals surface area contributed by atoms with Gasteiger partial charge in [0, 0.05) is 0 Å². The molecule has 0 unspecified atom stereocenters. The predicted octanol–water partition coefficient (Wildman–Crippen LogP) is -0.495. The Hall–Kier alpha value is -0.150. The second-order valence-corrected chi connectivity index (χ2v) is 0. The van der Waals surface area contributed by atoms with Crippen LogP contribution in [0, 0.1) is 0 Å². The smallest absolute Gasteiger partial charge is 0.153 e. The van der Waals surface area contributed by atoms with Crippen LogP contribution in [0.5, 0.6) is 0 Å². The lowest BCUT2D eigenvalue weighted by molar-refractivity contribution is -0.325. The molecule has 0 heterocycles. The Morgan fingerprint density at radius 3 is 1.25 bits per heavy atom. The highest BCUT2D eigenvalue weighted by Gasteiger charge is 0.555. The topological polar surface area (TPSA) is 59.6 Å². The molecule has 0 aromatic heterocycles. The Kier molecular flexibility index (Phi) is 4690. The van der Waals surface area contributed by atoms with E-state index in [0.29, 0.717) is 0 Å². The van der Waals surface area contributed by atoms with Crippen LogP contribution >= 0.6 is 0 Å². The minimum absolute atomic E-state index is 0. The summed E-state index contributed by atoms with van der Waals surface area (Å²) in [5.41, 5.74) is 0. The maximum Gasteiger partial charge on any atom is -0.153 e. The SMILES string of the molecule is C[O-].F.[NH4+]. The highest BCUT2D eigenvalue weighted by molar-refractivity contribution is 3.08. The van der Waals surface area contributed by atoms with Crippen LogP contribution in [0.4, 0.5) is 4.70 Å². The zero-order valence-electron chi connectivity index (χ0n) is 2.82. The van der Waals surface area contributed by atoms with Crippen molar-refractivity contribution in [2.75, 3.05) is 7.11 Å². The number of hydrogen-bond donors (Lipinski definition) is 1. The number of quaternary nitrogens is 1.